The molecule has 0 spiro atoms. The van der Waals surface area contributed by atoms with Crippen LogP contribution in [-0.2, 0) is 6.54 Å². The molecule has 0 aromatic heterocycles. The third-order valence-corrected chi connectivity index (χ3v) is 4.54. The van der Waals surface area contributed by atoms with Crippen molar-refractivity contribution in [1.29, 1.82) is 0 Å². The molecular formula is C16H24FN3. The van der Waals surface area contributed by atoms with Crippen LogP contribution >= 0.6 is 0 Å². The summed E-state index contributed by atoms with van der Waals surface area (Å²) in [5.41, 5.74) is 1.21. The van der Waals surface area contributed by atoms with Crippen molar-refractivity contribution < 1.29 is 4.39 Å². The Morgan fingerprint density at radius 1 is 1.00 bits per heavy atom. The van der Waals surface area contributed by atoms with Gasteiger partial charge in [-0.15, -0.1) is 0 Å². The van der Waals surface area contributed by atoms with E-state index in [0.29, 0.717) is 0 Å². The highest BCUT2D eigenvalue weighted by Crippen LogP contribution is 2.19. The van der Waals surface area contributed by atoms with E-state index < -0.39 is 0 Å². The Morgan fingerprint density at radius 3 is 2.30 bits per heavy atom. The highest BCUT2D eigenvalue weighted by molar-refractivity contribution is 5.16. The maximum Gasteiger partial charge on any atom is 0.123 e. The van der Waals surface area contributed by atoms with Gasteiger partial charge in [-0.3, -0.25) is 9.80 Å². The van der Waals surface area contributed by atoms with E-state index in [-0.39, 0.29) is 5.82 Å². The Bertz CT molecular complexity index is 406. The van der Waals surface area contributed by atoms with E-state index in [0.717, 1.165) is 38.8 Å². The van der Waals surface area contributed by atoms with Crippen molar-refractivity contribution in [3.8, 4) is 0 Å². The number of nitrogens with zero attached hydrogens (tertiary/aromatic N) is 2. The monoisotopic (exact) mass is 277 g/mol. The van der Waals surface area contributed by atoms with Gasteiger partial charge in [0.1, 0.15) is 5.82 Å². The van der Waals surface area contributed by atoms with Crippen molar-refractivity contribution in [2.75, 3.05) is 39.3 Å². The largest absolute Gasteiger partial charge is 0.314 e. The van der Waals surface area contributed by atoms with Crippen molar-refractivity contribution in [1.82, 2.24) is 15.1 Å². The van der Waals surface area contributed by atoms with Crippen LogP contribution in [0.4, 0.5) is 4.39 Å². The van der Waals surface area contributed by atoms with Gasteiger partial charge in [0, 0.05) is 38.8 Å². The predicted octanol–water partition coefficient (Wildman–Crippen LogP) is 1.70. The van der Waals surface area contributed by atoms with Crippen LogP contribution < -0.4 is 5.32 Å². The lowest BCUT2D eigenvalue weighted by molar-refractivity contribution is 0.0948. The van der Waals surface area contributed by atoms with E-state index in [1.54, 1.807) is 12.1 Å². The molecule has 2 fully saturated rings. The van der Waals surface area contributed by atoms with Gasteiger partial charge in [0.05, 0.1) is 0 Å². The first kappa shape index (κ1) is 14.0. The lowest BCUT2D eigenvalue weighted by atomic mass is 10.0. The van der Waals surface area contributed by atoms with Crippen molar-refractivity contribution >= 4 is 0 Å². The topological polar surface area (TPSA) is 18.5 Å². The molecule has 110 valence electrons. The smallest absolute Gasteiger partial charge is 0.123 e. The van der Waals surface area contributed by atoms with E-state index in [2.05, 4.69) is 15.1 Å². The Labute approximate surface area is 120 Å². The van der Waals surface area contributed by atoms with E-state index in [1.807, 2.05) is 12.1 Å². The van der Waals surface area contributed by atoms with Crippen LogP contribution in [0.25, 0.3) is 0 Å². The average molecular weight is 277 g/mol. The van der Waals surface area contributed by atoms with Crippen LogP contribution in [0.1, 0.15) is 18.4 Å². The number of nitrogens with one attached hydrogen (secondary N) is 1. The fourth-order valence-electron chi connectivity index (χ4n) is 3.34. The molecule has 2 aliphatic rings. The molecule has 0 amide bonds. The zero-order valence-electron chi connectivity index (χ0n) is 12.0. The summed E-state index contributed by atoms with van der Waals surface area (Å²) in [6, 6.07) is 7.68. The lowest BCUT2D eigenvalue weighted by Crippen LogP contribution is -2.51. The number of benzene rings is 1. The summed E-state index contributed by atoms with van der Waals surface area (Å²) in [4.78, 5) is 5.14. The molecule has 2 aliphatic heterocycles. The number of piperidine rings is 1. The standard InChI is InChI=1S/C16H24FN3/c17-15-3-1-14(2-4-15)13-19-9-5-16(6-10-19)20-11-7-18-8-12-20/h1-4,16,18H,5-13H2. The molecule has 0 bridgehead atoms. The van der Waals surface area contributed by atoms with Gasteiger partial charge in [-0.2, -0.15) is 0 Å². The van der Waals surface area contributed by atoms with Crippen LogP contribution in [0.15, 0.2) is 24.3 Å². The third-order valence-electron chi connectivity index (χ3n) is 4.54. The van der Waals surface area contributed by atoms with Gasteiger partial charge < -0.3 is 5.32 Å². The maximum absolute atomic E-state index is 12.9. The highest BCUT2D eigenvalue weighted by Gasteiger charge is 2.25. The zero-order valence-corrected chi connectivity index (χ0v) is 12.0. The van der Waals surface area contributed by atoms with E-state index in [1.165, 1.54) is 31.5 Å². The van der Waals surface area contributed by atoms with Crippen LogP contribution in [0.3, 0.4) is 0 Å². The minimum atomic E-state index is -0.147. The molecular weight excluding hydrogens is 253 g/mol. The number of halogens is 1. The number of hydrogen-bond donors (Lipinski definition) is 1. The molecule has 1 N–H and O–H groups in total. The second-order valence-electron chi connectivity index (χ2n) is 5.92. The first-order chi connectivity index (χ1) is 9.81. The van der Waals surface area contributed by atoms with Gasteiger partial charge in [-0.1, -0.05) is 12.1 Å². The van der Waals surface area contributed by atoms with Gasteiger partial charge in [-0.25, -0.2) is 4.39 Å². The maximum atomic E-state index is 12.9. The Balaban J connectivity index is 1.47. The molecule has 3 rings (SSSR count). The van der Waals surface area contributed by atoms with E-state index in [9.17, 15) is 4.39 Å². The number of hydrogen-bond acceptors (Lipinski definition) is 3. The van der Waals surface area contributed by atoms with Crippen LogP contribution in [0.5, 0.6) is 0 Å². The second-order valence-corrected chi connectivity index (χ2v) is 5.92. The SMILES string of the molecule is Fc1ccc(CN2CCC(N3CCNCC3)CC2)cc1. The molecule has 0 saturated carbocycles. The Kier molecular flexibility index (Phi) is 4.65. The predicted molar refractivity (Wildman–Crippen MR) is 79.1 cm³/mol. The van der Waals surface area contributed by atoms with Crippen LogP contribution in [0.2, 0.25) is 0 Å². The zero-order chi connectivity index (χ0) is 13.8. The second kappa shape index (κ2) is 6.66. The quantitative estimate of drug-likeness (QED) is 0.907. The van der Waals surface area contributed by atoms with Crippen LogP contribution in [0, 0.1) is 5.82 Å². The number of piperazine rings is 1. The summed E-state index contributed by atoms with van der Waals surface area (Å²) in [7, 11) is 0. The minimum Gasteiger partial charge on any atom is -0.314 e. The third kappa shape index (κ3) is 3.57. The van der Waals surface area contributed by atoms with E-state index >= 15 is 0 Å². The molecule has 1 aromatic carbocycles. The summed E-state index contributed by atoms with van der Waals surface area (Å²) in [6.45, 7) is 7.93. The van der Waals surface area contributed by atoms with Gasteiger partial charge in [0.15, 0.2) is 0 Å². The molecule has 0 atom stereocenters. The fraction of sp³-hybridized carbons (Fsp3) is 0.625. The van der Waals surface area contributed by atoms with Crippen molar-refractivity contribution in [2.45, 2.75) is 25.4 Å². The number of rotatable bonds is 3. The van der Waals surface area contributed by atoms with Gasteiger partial charge >= 0.3 is 0 Å². The van der Waals surface area contributed by atoms with Crippen LogP contribution in [-0.4, -0.2) is 55.1 Å². The lowest BCUT2D eigenvalue weighted by Gasteiger charge is -2.40. The summed E-state index contributed by atoms with van der Waals surface area (Å²) < 4.78 is 12.9. The fourth-order valence-corrected chi connectivity index (χ4v) is 3.34. The Morgan fingerprint density at radius 2 is 1.65 bits per heavy atom. The van der Waals surface area contributed by atoms with Crippen molar-refractivity contribution in [3.63, 3.8) is 0 Å². The average Bonchev–Trinajstić information content (AvgIpc) is 2.51. The highest BCUT2D eigenvalue weighted by atomic mass is 19.1. The van der Waals surface area contributed by atoms with Gasteiger partial charge in [0.2, 0.25) is 0 Å². The van der Waals surface area contributed by atoms with Crippen molar-refractivity contribution in [3.05, 3.63) is 35.6 Å². The van der Waals surface area contributed by atoms with Crippen molar-refractivity contribution in [2.24, 2.45) is 0 Å². The summed E-state index contributed by atoms with van der Waals surface area (Å²) in [5, 5.41) is 3.42. The summed E-state index contributed by atoms with van der Waals surface area (Å²) in [5.74, 6) is -0.147. The summed E-state index contributed by atoms with van der Waals surface area (Å²) >= 11 is 0. The molecule has 3 nitrogen and oxygen atoms in total. The summed E-state index contributed by atoms with van der Waals surface area (Å²) in [6.07, 6.45) is 2.53. The van der Waals surface area contributed by atoms with Gasteiger partial charge in [-0.05, 0) is 43.6 Å². The first-order valence-electron chi connectivity index (χ1n) is 7.73. The molecule has 0 radical (unpaired) electrons. The molecule has 20 heavy (non-hydrogen) atoms. The normalized spacial score (nSPS) is 23.1. The molecule has 4 heteroatoms. The van der Waals surface area contributed by atoms with E-state index in [4.69, 9.17) is 0 Å². The molecule has 2 heterocycles. The molecule has 1 aromatic rings. The first-order valence-corrected chi connectivity index (χ1v) is 7.73. The molecule has 0 aliphatic carbocycles. The molecule has 2 saturated heterocycles. The van der Waals surface area contributed by atoms with Gasteiger partial charge in [0.25, 0.3) is 0 Å². The molecule has 0 unspecified atom stereocenters. The Hall–Kier alpha value is -0.970. The minimum absolute atomic E-state index is 0.147. The number of likely N-dealkylation sites (tertiary alicyclic amines) is 1.